The second-order valence-electron chi connectivity index (χ2n) is 8.60. The monoisotopic (exact) mass is 667 g/mol. The van der Waals surface area contributed by atoms with Crippen molar-refractivity contribution < 1.29 is 76.3 Å². The van der Waals surface area contributed by atoms with Crippen LogP contribution < -0.4 is 20.7 Å². The first-order valence-corrected chi connectivity index (χ1v) is 12.6. The molecule has 0 bridgehead atoms. The van der Waals surface area contributed by atoms with Crippen molar-refractivity contribution in [1.82, 2.24) is 20.9 Å². The highest BCUT2D eigenvalue weighted by molar-refractivity contribution is 5.87. The first-order chi connectivity index (χ1) is 37.2. The Kier molecular flexibility index (Phi) is 3.68. The summed E-state index contributed by atoms with van der Waals surface area (Å²) in [7, 11) is 0. The summed E-state index contributed by atoms with van der Waals surface area (Å²) >= 11 is 0. The Hall–Kier alpha value is -4.37. The first kappa shape index (κ1) is 10.1. The SMILES string of the molecule is [2H]c1c([2H])c([2H])c(C([2H])([2H])[C@@H](C[C@H](O)[C@@]([2H])(NC(=O)COc2c(C([2H])([2H])[2H])c([2H])c([2H])c([2H])c2C([2H])([2H])[2H])C([2H])([2H])c2c([2H])c([2H])c([2H])c([2H])c2[2H])NC(=O)[C@@]([2H])(N2C(=O)NC([2H])([2H])C([2H])([2H])C2([2H])[2H])C([2H])(C([2H])([2H])[2H])C([2H])([2H])[2H])c([2H])c1[2H]. The first-order valence-electron chi connectivity index (χ1n) is 31.6. The molecule has 3 aromatic rings. The van der Waals surface area contributed by atoms with Crippen LogP contribution in [0.4, 0.5) is 4.79 Å². The van der Waals surface area contributed by atoms with Crippen molar-refractivity contribution >= 4 is 17.8 Å². The zero-order valence-electron chi connectivity index (χ0n) is 61.1. The molecule has 4 N–H and O–H groups in total. The van der Waals surface area contributed by atoms with Gasteiger partial charge >= 0.3 is 6.03 Å². The number of benzene rings is 3. The Morgan fingerprint density at radius 2 is 1.67 bits per heavy atom. The molecule has 1 saturated heterocycles. The van der Waals surface area contributed by atoms with Crippen molar-refractivity contribution in [2.75, 3.05) is 19.6 Å². The van der Waals surface area contributed by atoms with E-state index in [0.29, 0.717) is 0 Å². The van der Waals surface area contributed by atoms with E-state index in [0.717, 1.165) is 5.32 Å². The van der Waals surface area contributed by atoms with Gasteiger partial charge in [-0.15, -0.1) is 0 Å². The van der Waals surface area contributed by atoms with Gasteiger partial charge in [0.25, 0.3) is 5.91 Å². The summed E-state index contributed by atoms with van der Waals surface area (Å²) in [5.74, 6) is -11.7. The van der Waals surface area contributed by atoms with E-state index in [1.807, 2.05) is 0 Å². The standard InChI is InChI=1S/C37H48N4O5/c1-25(2)34(41-20-12-19-38-37(41)45)36(44)39-30(21-28-15-7-5-8-16-28)23-32(42)31(22-29-17-9-6-10-18-29)40-33(43)24-46-35-26(3)13-11-14-27(35)4/h5-11,13-18,25,30-32,34,42H,12,19-24H2,1-4H3,(H,38,45)(H,39,44)(H,40,43)/t30-,31-,32-,34-/m0/s1/i1D3,2D3,3D3,4D3,5D,6D,7D,8D,9D,10D,11D,12D2,13D,14D,15D,16D,17D,18D,19D2,20D2,21D2,22D2,25D,31D,34D. The average molecular weight is 667 g/mol. The van der Waals surface area contributed by atoms with Gasteiger partial charge in [0.05, 0.1) is 32.7 Å². The van der Waals surface area contributed by atoms with Gasteiger partial charge in [-0.05, 0) is 67.4 Å². The lowest BCUT2D eigenvalue weighted by Crippen LogP contribution is -2.59. The second kappa shape index (κ2) is 16.8. The molecule has 246 valence electrons. The summed E-state index contributed by atoms with van der Waals surface area (Å²) in [4.78, 5) is 42.2. The van der Waals surface area contributed by atoms with E-state index in [1.165, 1.54) is 10.6 Å². The molecule has 3 aromatic carbocycles. The van der Waals surface area contributed by atoms with Gasteiger partial charge in [0.1, 0.15) is 11.8 Å². The van der Waals surface area contributed by atoms with E-state index >= 15 is 4.79 Å². The maximum atomic E-state index is 15.3. The normalized spacial score (nSPS) is 34.4. The molecule has 4 rings (SSSR count). The van der Waals surface area contributed by atoms with Crippen LogP contribution in [0, 0.1) is 19.6 Å². The molecule has 4 amide bonds. The fraction of sp³-hybridized carbons (Fsp3) is 0.432. The molecule has 1 fully saturated rings. The van der Waals surface area contributed by atoms with Gasteiger partial charge in [0.15, 0.2) is 6.61 Å². The fourth-order valence-corrected chi connectivity index (χ4v) is 3.49. The van der Waals surface area contributed by atoms with Crippen LogP contribution in [-0.4, -0.2) is 71.6 Å². The number of urea groups is 1. The van der Waals surface area contributed by atoms with E-state index in [4.69, 9.17) is 48.6 Å². The predicted molar refractivity (Wildman–Crippen MR) is 180 cm³/mol. The molecule has 1 heterocycles. The predicted octanol–water partition coefficient (Wildman–Crippen LogP) is 4.33. The van der Waals surface area contributed by atoms with E-state index in [2.05, 4.69) is 0 Å². The van der Waals surface area contributed by atoms with Gasteiger partial charge in [-0.3, -0.25) is 9.59 Å². The molecule has 46 heavy (non-hydrogen) atoms. The van der Waals surface area contributed by atoms with E-state index < -0.39 is 232 Å². The number of carbonyl (C=O) groups excluding carboxylic acids is 3. The average Bonchev–Trinajstić information content (AvgIpc) is 3.31. The van der Waals surface area contributed by atoms with Crippen LogP contribution >= 0.6 is 0 Å². The third-order valence-electron chi connectivity index (χ3n) is 5.40. The van der Waals surface area contributed by atoms with E-state index in [9.17, 15) is 22.9 Å². The second-order valence-corrected chi connectivity index (χ2v) is 8.60. The zero-order valence-corrected chi connectivity index (χ0v) is 23.1. The molecule has 0 aromatic heterocycles. The van der Waals surface area contributed by atoms with Crippen molar-refractivity contribution in [2.24, 2.45) is 5.89 Å². The molecule has 0 spiro atoms. The minimum atomic E-state index is -5.23. The number of hydrogen-bond acceptors (Lipinski definition) is 5. The minimum absolute atomic E-state index is 1.16. The molecular formula is C37H48N4O5. The Labute approximate surface area is 326 Å². The summed E-state index contributed by atoms with van der Waals surface area (Å²) in [6.07, 6.45) is -18.8. The number of nitrogens with one attached hydrogen (secondary N) is 3. The Balaban J connectivity index is 2.21. The van der Waals surface area contributed by atoms with Crippen molar-refractivity contribution in [3.8, 4) is 5.75 Å². The lowest BCUT2D eigenvalue weighted by Gasteiger charge is -2.37. The molecule has 1 aliphatic heterocycles. The van der Waals surface area contributed by atoms with Crippen LogP contribution in [0.3, 0.4) is 0 Å². The van der Waals surface area contributed by atoms with Crippen molar-refractivity contribution in [3.63, 3.8) is 0 Å². The number of para-hydroxylation sites is 1. The highest BCUT2D eigenvalue weighted by Gasteiger charge is 2.35. The van der Waals surface area contributed by atoms with Gasteiger partial charge in [0.2, 0.25) is 5.91 Å². The van der Waals surface area contributed by atoms with E-state index in [1.54, 1.807) is 0 Å². The van der Waals surface area contributed by atoms with Gasteiger partial charge in [0, 0.05) is 50.6 Å². The maximum absolute atomic E-state index is 15.3. The number of nitrogens with zero attached hydrogens (tertiary/aromatic N) is 1. The van der Waals surface area contributed by atoms with Crippen molar-refractivity contribution in [2.45, 2.75) is 77.1 Å². The molecule has 0 radical (unpaired) electrons. The van der Waals surface area contributed by atoms with Crippen LogP contribution in [0.1, 0.15) is 101 Å². The van der Waals surface area contributed by atoms with E-state index in [-0.39, 0.29) is 0 Å². The fourth-order valence-electron chi connectivity index (χ4n) is 3.49. The molecule has 1 aliphatic rings. The number of aliphatic hydroxyl groups is 1. The highest BCUT2D eigenvalue weighted by atomic mass is 16.5. The quantitative estimate of drug-likeness (QED) is 0.193. The number of aliphatic hydroxyl groups excluding tert-OH is 1. The Bertz CT molecular complexity index is 3040. The van der Waals surface area contributed by atoms with Crippen molar-refractivity contribution in [1.29, 1.82) is 0 Å². The van der Waals surface area contributed by atoms with Crippen molar-refractivity contribution in [3.05, 3.63) is 101 Å². The molecule has 0 unspecified atom stereocenters. The summed E-state index contributed by atoms with van der Waals surface area (Å²) in [5.41, 5.74) is -6.21. The summed E-state index contributed by atoms with van der Waals surface area (Å²) < 4.78 is 325. The highest BCUT2D eigenvalue weighted by Crippen LogP contribution is 2.22. The molecule has 9 heteroatoms. The molecular weight excluding hydrogens is 580 g/mol. The van der Waals surface area contributed by atoms with Crippen LogP contribution in [0.25, 0.3) is 0 Å². The number of amides is 4. The summed E-state index contributed by atoms with van der Waals surface area (Å²) in [5, 5.41) is 16.4. The minimum Gasteiger partial charge on any atom is -0.483 e. The van der Waals surface area contributed by atoms with Crippen LogP contribution in [0.2, 0.25) is 0 Å². The number of ether oxygens (including phenoxy) is 1. The van der Waals surface area contributed by atoms with Crippen LogP contribution in [-0.2, 0) is 22.3 Å². The lowest BCUT2D eigenvalue weighted by atomic mass is 9.92. The lowest BCUT2D eigenvalue weighted by molar-refractivity contribution is -0.128. The third kappa shape index (κ3) is 9.81. The zero-order chi connectivity index (χ0) is 66.1. The third-order valence-corrected chi connectivity index (χ3v) is 5.40. The smallest absolute Gasteiger partial charge is 0.318 e. The number of hydrogen-bond donors (Lipinski definition) is 4. The van der Waals surface area contributed by atoms with Gasteiger partial charge in [-0.2, -0.15) is 0 Å². The molecule has 9 nitrogen and oxygen atoms in total. The van der Waals surface area contributed by atoms with Gasteiger partial charge < -0.3 is 30.7 Å². The topological polar surface area (TPSA) is 120 Å². The molecule has 0 saturated carbocycles. The van der Waals surface area contributed by atoms with Gasteiger partial charge in [-0.1, -0.05) is 92.3 Å². The maximum Gasteiger partial charge on any atom is 0.318 e. The Morgan fingerprint density at radius 3 is 2.30 bits per heavy atom. The van der Waals surface area contributed by atoms with Crippen LogP contribution in [0.5, 0.6) is 5.75 Å². The molecule has 4 atom stereocenters. The summed E-state index contributed by atoms with van der Waals surface area (Å²) in [6.45, 7) is -27.3. The van der Waals surface area contributed by atoms with Crippen LogP contribution in [0.15, 0.2) is 78.6 Å². The number of rotatable bonds is 15. The summed E-state index contributed by atoms with van der Waals surface area (Å²) in [6, 6.07) is -34.2. The molecule has 0 aliphatic carbocycles. The largest absolute Gasteiger partial charge is 0.483 e. The number of carbonyl (C=O) groups is 3. The van der Waals surface area contributed by atoms with Gasteiger partial charge in [-0.25, -0.2) is 4.79 Å². The Morgan fingerprint density at radius 1 is 1.02 bits per heavy atom.